The van der Waals surface area contributed by atoms with E-state index in [2.05, 4.69) is 271 Å². The van der Waals surface area contributed by atoms with Crippen LogP contribution >= 0.6 is 0 Å². The Balaban J connectivity index is 0.983. The Labute approximate surface area is 418 Å². The minimum atomic E-state index is -0.522. The summed E-state index contributed by atoms with van der Waals surface area (Å²) in [6, 6.07) is 85.2. The molecule has 0 aliphatic heterocycles. The van der Waals surface area contributed by atoms with E-state index in [0.717, 1.165) is 17.1 Å². The molecule has 0 amide bonds. The Kier molecular flexibility index (Phi) is 8.72. The molecule has 0 fully saturated rings. The maximum atomic E-state index is 2.56. The van der Waals surface area contributed by atoms with E-state index in [1.807, 2.05) is 0 Å². The molecule has 14 rings (SSSR count). The number of anilines is 3. The lowest BCUT2D eigenvalue weighted by atomic mass is 9.67. The van der Waals surface area contributed by atoms with Crippen molar-refractivity contribution in [1.29, 1.82) is 0 Å². The number of hydrogen-bond donors (Lipinski definition) is 0. The van der Waals surface area contributed by atoms with Crippen molar-refractivity contribution < 1.29 is 0 Å². The highest BCUT2D eigenvalue weighted by molar-refractivity contribution is 5.97. The van der Waals surface area contributed by atoms with Crippen LogP contribution in [0.15, 0.2) is 224 Å². The molecular weight excluding hydrogens is 855 g/mol. The third-order valence-electron chi connectivity index (χ3n) is 17.3. The van der Waals surface area contributed by atoms with Gasteiger partial charge < -0.3 is 4.90 Å². The molecule has 0 aromatic heterocycles. The highest BCUT2D eigenvalue weighted by Gasteiger charge is 2.47. The van der Waals surface area contributed by atoms with Gasteiger partial charge >= 0.3 is 0 Å². The first-order chi connectivity index (χ1) is 34.5. The molecule has 71 heavy (non-hydrogen) atoms. The fourth-order valence-corrected chi connectivity index (χ4v) is 13.9. The predicted octanol–water partition coefficient (Wildman–Crippen LogP) is 18.1. The lowest BCUT2D eigenvalue weighted by Gasteiger charge is -2.35. The van der Waals surface area contributed by atoms with Crippen LogP contribution in [0.25, 0.3) is 55.6 Å². The Morgan fingerprint density at radius 3 is 1.34 bits per heavy atom. The van der Waals surface area contributed by atoms with Gasteiger partial charge in [-0.2, -0.15) is 0 Å². The van der Waals surface area contributed by atoms with E-state index in [4.69, 9.17) is 0 Å². The Hall–Kier alpha value is -8.00. The molecule has 0 radical (unpaired) electrons. The molecule has 4 aliphatic rings. The largest absolute Gasteiger partial charge is 0.310 e. The molecule has 10 aromatic rings. The molecule has 340 valence electrons. The van der Waals surface area contributed by atoms with E-state index >= 15 is 0 Å². The second-order valence-electron chi connectivity index (χ2n) is 22.0. The second kappa shape index (κ2) is 14.8. The molecule has 10 aromatic carbocycles. The van der Waals surface area contributed by atoms with E-state index in [0.29, 0.717) is 0 Å². The number of rotatable bonds is 6. The van der Waals surface area contributed by atoms with Crippen LogP contribution < -0.4 is 4.90 Å². The Morgan fingerprint density at radius 1 is 0.254 bits per heavy atom. The summed E-state index contributed by atoms with van der Waals surface area (Å²) in [6.45, 7) is 14.5. The molecule has 0 N–H and O–H groups in total. The van der Waals surface area contributed by atoms with Crippen molar-refractivity contribution in [3.8, 4) is 55.6 Å². The van der Waals surface area contributed by atoms with Crippen LogP contribution in [-0.4, -0.2) is 0 Å². The zero-order valence-corrected chi connectivity index (χ0v) is 41.3. The van der Waals surface area contributed by atoms with Crippen molar-refractivity contribution in [1.82, 2.24) is 0 Å². The third-order valence-corrected chi connectivity index (χ3v) is 17.3. The Bertz CT molecular complexity index is 3790. The standard InChI is InChI=1S/C70H55N/c1-67(2)58-30-18-16-28-52(58)55-39-47(35-38-59(55)67)71(49-33-36-53-51-27-17-19-31-60(51)70(65(53)41-49,45-23-12-8-13-24-45)46-25-14-9-15-26-46)48-34-37-54-56-42-64-57(43-63(56)69(5,6)62(54)40-48)66-50(44-21-10-7-11-22-44)29-20-32-61(66)68(64,3)4/h7-43H,1-6H3. The van der Waals surface area contributed by atoms with Gasteiger partial charge in [0.1, 0.15) is 0 Å². The minimum absolute atomic E-state index is 0.0970. The molecule has 4 aliphatic carbocycles. The van der Waals surface area contributed by atoms with Gasteiger partial charge in [-0.25, -0.2) is 0 Å². The van der Waals surface area contributed by atoms with Gasteiger partial charge in [-0.1, -0.05) is 217 Å². The van der Waals surface area contributed by atoms with Gasteiger partial charge in [0.2, 0.25) is 0 Å². The molecule has 1 heteroatoms. The topological polar surface area (TPSA) is 3.24 Å². The maximum absolute atomic E-state index is 2.56. The van der Waals surface area contributed by atoms with Crippen molar-refractivity contribution in [2.24, 2.45) is 0 Å². The zero-order valence-electron chi connectivity index (χ0n) is 41.3. The summed E-state index contributed by atoms with van der Waals surface area (Å²) in [7, 11) is 0. The van der Waals surface area contributed by atoms with Crippen LogP contribution in [0.1, 0.15) is 97.2 Å². The van der Waals surface area contributed by atoms with Gasteiger partial charge in [0.15, 0.2) is 0 Å². The molecule has 1 nitrogen and oxygen atoms in total. The molecule has 0 unspecified atom stereocenters. The fourth-order valence-electron chi connectivity index (χ4n) is 13.9. The van der Waals surface area contributed by atoms with Crippen molar-refractivity contribution >= 4 is 17.1 Å². The predicted molar refractivity (Wildman–Crippen MR) is 297 cm³/mol. The van der Waals surface area contributed by atoms with Crippen molar-refractivity contribution in [3.05, 3.63) is 280 Å². The SMILES string of the molecule is CC1(C)c2ccccc2-c2cc(N(c3ccc4c(c3)C(C)(C)c3cc5c(cc3-4)C(C)(C)c3cccc(-c4ccccc4)c3-5)c3ccc4c(c3)C(c3ccccc3)(c3ccccc3)c3ccccc3-4)ccc21. The summed E-state index contributed by atoms with van der Waals surface area (Å²) >= 11 is 0. The van der Waals surface area contributed by atoms with E-state index in [9.17, 15) is 0 Å². The highest BCUT2D eigenvalue weighted by atomic mass is 15.1. The van der Waals surface area contributed by atoms with E-state index in [1.165, 1.54) is 111 Å². The maximum Gasteiger partial charge on any atom is 0.0714 e. The van der Waals surface area contributed by atoms with Crippen LogP contribution in [0.2, 0.25) is 0 Å². The third kappa shape index (κ3) is 5.64. The van der Waals surface area contributed by atoms with Crippen molar-refractivity contribution in [2.75, 3.05) is 4.90 Å². The molecule has 0 bridgehead atoms. The fraction of sp³-hybridized carbons (Fsp3) is 0.143. The van der Waals surface area contributed by atoms with Crippen molar-refractivity contribution in [3.63, 3.8) is 0 Å². The van der Waals surface area contributed by atoms with Crippen molar-refractivity contribution in [2.45, 2.75) is 63.2 Å². The van der Waals surface area contributed by atoms with Crippen LogP contribution in [0, 0.1) is 0 Å². The molecule has 0 heterocycles. The first kappa shape index (κ1) is 41.9. The van der Waals surface area contributed by atoms with Crippen LogP contribution in [-0.2, 0) is 21.7 Å². The van der Waals surface area contributed by atoms with Gasteiger partial charge in [0.25, 0.3) is 0 Å². The summed E-state index contributed by atoms with van der Waals surface area (Å²) in [4.78, 5) is 2.54. The van der Waals surface area contributed by atoms with Crippen LogP contribution in [0.5, 0.6) is 0 Å². The summed E-state index contributed by atoms with van der Waals surface area (Å²) in [5, 5.41) is 0. The van der Waals surface area contributed by atoms with E-state index in [1.54, 1.807) is 0 Å². The van der Waals surface area contributed by atoms with Crippen LogP contribution in [0.3, 0.4) is 0 Å². The lowest BCUT2D eigenvalue weighted by Crippen LogP contribution is -2.28. The van der Waals surface area contributed by atoms with Gasteiger partial charge in [0, 0.05) is 33.3 Å². The Morgan fingerprint density at radius 2 is 0.662 bits per heavy atom. The lowest BCUT2D eigenvalue weighted by molar-refractivity contribution is 0.652. The molecule has 0 saturated heterocycles. The summed E-state index contributed by atoms with van der Waals surface area (Å²) in [5.74, 6) is 0. The minimum Gasteiger partial charge on any atom is -0.310 e. The van der Waals surface area contributed by atoms with Gasteiger partial charge in [-0.05, 0) is 160 Å². The van der Waals surface area contributed by atoms with E-state index < -0.39 is 5.41 Å². The zero-order chi connectivity index (χ0) is 48.0. The average molecular weight is 910 g/mol. The molecule has 0 spiro atoms. The van der Waals surface area contributed by atoms with Crippen LogP contribution in [0.4, 0.5) is 17.1 Å². The number of fused-ring (bicyclic) bond motifs is 12. The summed E-state index contributed by atoms with van der Waals surface area (Å²) < 4.78 is 0. The van der Waals surface area contributed by atoms with E-state index in [-0.39, 0.29) is 16.2 Å². The second-order valence-corrected chi connectivity index (χ2v) is 22.0. The van der Waals surface area contributed by atoms with Gasteiger partial charge in [-0.15, -0.1) is 0 Å². The normalized spacial score (nSPS) is 15.9. The van der Waals surface area contributed by atoms with Gasteiger partial charge in [0.05, 0.1) is 5.41 Å². The number of hydrogen-bond acceptors (Lipinski definition) is 1. The first-order valence-corrected chi connectivity index (χ1v) is 25.4. The molecular formula is C70H55N. The molecule has 0 atom stereocenters. The molecule has 0 saturated carbocycles. The average Bonchev–Trinajstić information content (AvgIpc) is 4.00. The quantitative estimate of drug-likeness (QED) is 0.161. The highest BCUT2D eigenvalue weighted by Crippen LogP contribution is 2.61. The first-order valence-electron chi connectivity index (χ1n) is 25.4. The number of nitrogens with zero attached hydrogens (tertiary/aromatic N) is 1. The smallest absolute Gasteiger partial charge is 0.0714 e. The number of benzene rings is 10. The summed E-state index contributed by atoms with van der Waals surface area (Å²) in [6.07, 6.45) is 0. The van der Waals surface area contributed by atoms with Gasteiger partial charge in [-0.3, -0.25) is 0 Å². The monoisotopic (exact) mass is 909 g/mol. The summed E-state index contributed by atoms with van der Waals surface area (Å²) in [5.41, 5.74) is 29.1.